The summed E-state index contributed by atoms with van der Waals surface area (Å²) in [7, 11) is 1.74. The molecule has 1 aromatic rings. The van der Waals surface area contributed by atoms with Gasteiger partial charge in [0.15, 0.2) is 0 Å². The second-order valence-electron chi connectivity index (χ2n) is 5.81. The summed E-state index contributed by atoms with van der Waals surface area (Å²) in [5, 5.41) is 5.74. The third-order valence-corrected chi connectivity index (χ3v) is 2.59. The van der Waals surface area contributed by atoms with Crippen LogP contribution >= 0.6 is 0 Å². The lowest BCUT2D eigenvalue weighted by atomic mass is 10.1. The van der Waals surface area contributed by atoms with Crippen molar-refractivity contribution in [3.8, 4) is 5.75 Å². The van der Waals surface area contributed by atoms with Crippen molar-refractivity contribution in [3.05, 3.63) is 41.7 Å². The lowest BCUT2D eigenvalue weighted by molar-refractivity contribution is 0.0919. The number of benzene rings is 1. The second-order valence-corrected chi connectivity index (χ2v) is 5.81. The first-order chi connectivity index (χ1) is 9.85. The lowest BCUT2D eigenvalue weighted by Gasteiger charge is -2.20. The van der Waals surface area contributed by atoms with Crippen LogP contribution in [0.1, 0.15) is 31.1 Å². The van der Waals surface area contributed by atoms with E-state index in [1.54, 1.807) is 31.3 Å². The third-order valence-electron chi connectivity index (χ3n) is 2.59. The molecule has 2 N–H and O–H groups in total. The maximum atomic E-state index is 12.5. The second kappa shape index (κ2) is 7.78. The van der Waals surface area contributed by atoms with Gasteiger partial charge in [0.2, 0.25) is 0 Å². The summed E-state index contributed by atoms with van der Waals surface area (Å²) in [6.07, 6.45) is 0.543. The first-order valence-electron chi connectivity index (χ1n) is 6.84. The van der Waals surface area contributed by atoms with Gasteiger partial charge < -0.3 is 15.4 Å². The van der Waals surface area contributed by atoms with Gasteiger partial charge in [-0.3, -0.25) is 4.79 Å². The SMILES string of the molecule is CNCC(=CF)COc1ccc(C(=O)NC(C)(C)C)cc1. The number of halogens is 1. The van der Waals surface area contributed by atoms with Crippen molar-refractivity contribution >= 4 is 5.91 Å². The highest BCUT2D eigenvalue weighted by atomic mass is 19.1. The smallest absolute Gasteiger partial charge is 0.251 e. The summed E-state index contributed by atoms with van der Waals surface area (Å²) in [6, 6.07) is 6.78. The quantitative estimate of drug-likeness (QED) is 0.848. The van der Waals surface area contributed by atoms with Crippen molar-refractivity contribution < 1.29 is 13.9 Å². The number of carbonyl (C=O) groups excluding carboxylic acids is 1. The zero-order valence-corrected chi connectivity index (χ0v) is 13.0. The normalized spacial score (nSPS) is 12.1. The Bertz CT molecular complexity index is 490. The van der Waals surface area contributed by atoms with E-state index in [-0.39, 0.29) is 18.1 Å². The van der Waals surface area contributed by atoms with Gasteiger partial charge in [-0.2, -0.15) is 0 Å². The molecule has 0 saturated carbocycles. The zero-order chi connectivity index (χ0) is 15.9. The standard InChI is InChI=1S/C16H23FN2O2/c1-16(2,3)19-15(20)13-5-7-14(8-6-13)21-11-12(9-17)10-18-4/h5-9,18H,10-11H2,1-4H3,(H,19,20). The fourth-order valence-electron chi connectivity index (χ4n) is 1.64. The Morgan fingerprint density at radius 3 is 2.38 bits per heavy atom. The van der Waals surface area contributed by atoms with Crippen molar-refractivity contribution in [2.45, 2.75) is 26.3 Å². The molecular weight excluding hydrogens is 271 g/mol. The summed E-state index contributed by atoms with van der Waals surface area (Å²) < 4.78 is 18.0. The van der Waals surface area contributed by atoms with E-state index < -0.39 is 0 Å². The Hall–Kier alpha value is -1.88. The molecule has 1 amide bonds. The number of nitrogens with one attached hydrogen (secondary N) is 2. The van der Waals surface area contributed by atoms with Gasteiger partial charge in [-0.15, -0.1) is 0 Å². The Morgan fingerprint density at radius 1 is 1.29 bits per heavy atom. The van der Waals surface area contributed by atoms with Gasteiger partial charge in [0.25, 0.3) is 5.91 Å². The Labute approximate surface area is 125 Å². The van der Waals surface area contributed by atoms with Gasteiger partial charge in [0.05, 0.1) is 6.33 Å². The van der Waals surface area contributed by atoms with Gasteiger partial charge in [-0.1, -0.05) is 0 Å². The van der Waals surface area contributed by atoms with Gasteiger partial charge in [0, 0.05) is 23.2 Å². The number of hydrogen-bond acceptors (Lipinski definition) is 3. The van der Waals surface area contributed by atoms with Crippen LogP contribution in [0.2, 0.25) is 0 Å². The van der Waals surface area contributed by atoms with E-state index in [0.29, 0.717) is 29.8 Å². The summed E-state index contributed by atoms with van der Waals surface area (Å²) in [4.78, 5) is 12.0. The Kier molecular flexibility index (Phi) is 6.37. The van der Waals surface area contributed by atoms with Crippen LogP contribution in [0.4, 0.5) is 4.39 Å². The van der Waals surface area contributed by atoms with Crippen LogP contribution in [-0.4, -0.2) is 31.6 Å². The van der Waals surface area contributed by atoms with Crippen molar-refractivity contribution in [1.29, 1.82) is 0 Å². The van der Waals surface area contributed by atoms with Crippen LogP contribution in [0.3, 0.4) is 0 Å². The fourth-order valence-corrected chi connectivity index (χ4v) is 1.64. The van der Waals surface area contributed by atoms with E-state index in [1.807, 2.05) is 20.8 Å². The summed E-state index contributed by atoms with van der Waals surface area (Å²) >= 11 is 0. The molecule has 5 heteroatoms. The van der Waals surface area contributed by atoms with E-state index in [9.17, 15) is 9.18 Å². The number of likely N-dealkylation sites (N-methyl/N-ethyl adjacent to an activating group) is 1. The number of ether oxygens (including phenoxy) is 1. The van der Waals surface area contributed by atoms with Crippen LogP contribution in [0.15, 0.2) is 36.2 Å². The first-order valence-corrected chi connectivity index (χ1v) is 6.84. The fraction of sp³-hybridized carbons (Fsp3) is 0.438. The summed E-state index contributed by atoms with van der Waals surface area (Å²) in [5.74, 6) is 0.464. The van der Waals surface area contributed by atoms with Crippen LogP contribution in [0.25, 0.3) is 0 Å². The minimum atomic E-state index is -0.278. The molecule has 0 spiro atoms. The van der Waals surface area contributed by atoms with Crippen LogP contribution in [0, 0.1) is 0 Å². The van der Waals surface area contributed by atoms with Gasteiger partial charge >= 0.3 is 0 Å². The maximum Gasteiger partial charge on any atom is 0.251 e. The molecule has 0 bridgehead atoms. The Morgan fingerprint density at radius 2 is 1.90 bits per heavy atom. The van der Waals surface area contributed by atoms with Gasteiger partial charge in [-0.25, -0.2) is 4.39 Å². The highest BCUT2D eigenvalue weighted by molar-refractivity contribution is 5.94. The van der Waals surface area contributed by atoms with Crippen molar-refractivity contribution in [3.63, 3.8) is 0 Å². The summed E-state index contributed by atoms with van der Waals surface area (Å²) in [6.45, 7) is 6.38. The molecule has 0 saturated heterocycles. The van der Waals surface area contributed by atoms with E-state index >= 15 is 0 Å². The third kappa shape index (κ3) is 6.40. The molecule has 0 atom stereocenters. The van der Waals surface area contributed by atoms with Crippen molar-refractivity contribution in [1.82, 2.24) is 10.6 Å². The largest absolute Gasteiger partial charge is 0.489 e. The molecule has 116 valence electrons. The number of rotatable bonds is 6. The monoisotopic (exact) mass is 294 g/mol. The molecule has 21 heavy (non-hydrogen) atoms. The molecule has 0 radical (unpaired) electrons. The van der Waals surface area contributed by atoms with Crippen LogP contribution in [0.5, 0.6) is 5.75 Å². The molecule has 1 aromatic carbocycles. The first kappa shape index (κ1) is 17.2. The van der Waals surface area contributed by atoms with E-state index in [1.165, 1.54) is 0 Å². The maximum absolute atomic E-state index is 12.5. The predicted octanol–water partition coefficient (Wildman–Crippen LogP) is 2.67. The number of amides is 1. The highest BCUT2D eigenvalue weighted by Gasteiger charge is 2.15. The molecule has 1 rings (SSSR count). The van der Waals surface area contributed by atoms with Gasteiger partial charge in [0.1, 0.15) is 12.4 Å². The minimum Gasteiger partial charge on any atom is -0.489 e. The molecule has 0 unspecified atom stereocenters. The molecule has 4 nitrogen and oxygen atoms in total. The predicted molar refractivity (Wildman–Crippen MR) is 82.3 cm³/mol. The average Bonchev–Trinajstić information content (AvgIpc) is 2.42. The van der Waals surface area contributed by atoms with Crippen molar-refractivity contribution in [2.24, 2.45) is 0 Å². The highest BCUT2D eigenvalue weighted by Crippen LogP contribution is 2.14. The minimum absolute atomic E-state index is 0.131. The van der Waals surface area contributed by atoms with E-state index in [0.717, 1.165) is 0 Å². The van der Waals surface area contributed by atoms with E-state index in [2.05, 4.69) is 10.6 Å². The molecule has 0 aromatic heterocycles. The lowest BCUT2D eigenvalue weighted by Crippen LogP contribution is -2.40. The zero-order valence-electron chi connectivity index (χ0n) is 13.0. The van der Waals surface area contributed by atoms with Crippen LogP contribution < -0.4 is 15.4 Å². The molecular formula is C16H23FN2O2. The molecule has 0 fully saturated rings. The van der Waals surface area contributed by atoms with E-state index in [4.69, 9.17) is 4.74 Å². The number of carbonyl (C=O) groups is 1. The molecule has 0 aliphatic carbocycles. The topological polar surface area (TPSA) is 50.4 Å². The average molecular weight is 294 g/mol. The molecule has 0 heterocycles. The number of hydrogen-bond donors (Lipinski definition) is 2. The van der Waals surface area contributed by atoms with Gasteiger partial charge in [-0.05, 0) is 52.1 Å². The molecule has 0 aliphatic rings. The van der Waals surface area contributed by atoms with Crippen LogP contribution in [-0.2, 0) is 0 Å². The molecule has 0 aliphatic heterocycles. The Balaban J connectivity index is 2.60. The summed E-state index contributed by atoms with van der Waals surface area (Å²) in [5.41, 5.74) is 0.807. The van der Waals surface area contributed by atoms with Crippen molar-refractivity contribution in [2.75, 3.05) is 20.2 Å².